The van der Waals surface area contributed by atoms with E-state index in [-0.39, 0.29) is 11.9 Å². The molecule has 1 atom stereocenters. The average molecular weight is 425 g/mol. The predicted molar refractivity (Wildman–Crippen MR) is 119 cm³/mol. The monoisotopic (exact) mass is 424 g/mol. The summed E-state index contributed by atoms with van der Waals surface area (Å²) >= 11 is 0. The third-order valence-corrected chi connectivity index (χ3v) is 4.68. The van der Waals surface area contributed by atoms with Crippen LogP contribution in [0.2, 0.25) is 0 Å². The van der Waals surface area contributed by atoms with Crippen LogP contribution in [0.15, 0.2) is 48.5 Å². The lowest BCUT2D eigenvalue weighted by molar-refractivity contribution is -0.117. The first kappa shape index (κ1) is 22.3. The maximum absolute atomic E-state index is 12.5. The van der Waals surface area contributed by atoms with E-state index in [4.69, 9.17) is 10.5 Å². The molecule has 1 unspecified atom stereocenters. The van der Waals surface area contributed by atoms with E-state index in [0.717, 1.165) is 11.3 Å². The highest BCUT2D eigenvalue weighted by molar-refractivity contribution is 5.96. The van der Waals surface area contributed by atoms with Gasteiger partial charge in [0.2, 0.25) is 5.91 Å². The highest BCUT2D eigenvalue weighted by Gasteiger charge is 2.21. The van der Waals surface area contributed by atoms with Crippen molar-refractivity contribution in [2.24, 2.45) is 5.73 Å². The van der Waals surface area contributed by atoms with Gasteiger partial charge in [0.15, 0.2) is 0 Å². The molecule has 4 N–H and O–H groups in total. The number of ether oxygens (including phenoxy) is 1. The van der Waals surface area contributed by atoms with Gasteiger partial charge in [-0.1, -0.05) is 12.1 Å². The van der Waals surface area contributed by atoms with Gasteiger partial charge in [-0.15, -0.1) is 0 Å². The van der Waals surface area contributed by atoms with E-state index in [2.05, 4.69) is 10.6 Å². The molecule has 0 aromatic heterocycles. The summed E-state index contributed by atoms with van der Waals surface area (Å²) in [6, 6.07) is 13.0. The van der Waals surface area contributed by atoms with E-state index in [1.807, 2.05) is 24.3 Å². The summed E-state index contributed by atoms with van der Waals surface area (Å²) in [4.78, 5) is 37.9. The van der Waals surface area contributed by atoms with Crippen LogP contribution in [0.25, 0.3) is 0 Å². The number of nitrogens with one attached hydrogen (secondary N) is 2. The zero-order valence-electron chi connectivity index (χ0n) is 18.0. The molecule has 164 valence electrons. The van der Waals surface area contributed by atoms with Crippen molar-refractivity contribution in [3.63, 3.8) is 0 Å². The summed E-state index contributed by atoms with van der Waals surface area (Å²) in [5.41, 5.74) is 8.15. The standard InChI is InChI=1S/C23H28N4O4/c1-23(2,3)31-21(29)16-6-8-17(9-7-16)26-20(28)19(24)14-15-4-10-18(11-5-15)27-13-12-25-22(27)30/h4-11,19H,12-14,24H2,1-3H3,(H,25,30)(H,26,28). The maximum atomic E-state index is 12.5. The zero-order chi connectivity index (χ0) is 22.6. The van der Waals surface area contributed by atoms with Crippen molar-refractivity contribution >= 4 is 29.3 Å². The molecule has 0 bridgehead atoms. The third-order valence-electron chi connectivity index (χ3n) is 4.68. The van der Waals surface area contributed by atoms with Gasteiger partial charge in [0, 0.05) is 24.5 Å². The molecule has 0 saturated carbocycles. The Labute approximate surface area is 181 Å². The summed E-state index contributed by atoms with van der Waals surface area (Å²) in [6.45, 7) is 6.67. The molecule has 3 rings (SSSR count). The second kappa shape index (κ2) is 9.18. The number of rotatable bonds is 6. The molecule has 1 aliphatic rings. The van der Waals surface area contributed by atoms with Crippen LogP contribution in [0.1, 0.15) is 36.7 Å². The van der Waals surface area contributed by atoms with Gasteiger partial charge in [0.25, 0.3) is 0 Å². The fraction of sp³-hybridized carbons (Fsp3) is 0.348. The van der Waals surface area contributed by atoms with Crippen LogP contribution in [-0.2, 0) is 16.0 Å². The number of nitrogens with zero attached hydrogens (tertiary/aromatic N) is 1. The van der Waals surface area contributed by atoms with E-state index in [0.29, 0.717) is 30.8 Å². The Morgan fingerprint density at radius 1 is 1.13 bits per heavy atom. The molecular formula is C23H28N4O4. The van der Waals surface area contributed by atoms with E-state index < -0.39 is 17.6 Å². The molecule has 1 saturated heterocycles. The van der Waals surface area contributed by atoms with Crippen molar-refractivity contribution in [3.8, 4) is 0 Å². The zero-order valence-corrected chi connectivity index (χ0v) is 18.0. The Kier molecular flexibility index (Phi) is 6.60. The first-order valence-electron chi connectivity index (χ1n) is 10.2. The molecular weight excluding hydrogens is 396 g/mol. The van der Waals surface area contributed by atoms with Gasteiger partial charge in [-0.25, -0.2) is 9.59 Å². The van der Waals surface area contributed by atoms with Crippen LogP contribution < -0.4 is 21.3 Å². The van der Waals surface area contributed by atoms with E-state index >= 15 is 0 Å². The number of hydrogen-bond donors (Lipinski definition) is 3. The highest BCUT2D eigenvalue weighted by atomic mass is 16.6. The van der Waals surface area contributed by atoms with Crippen molar-refractivity contribution in [3.05, 3.63) is 59.7 Å². The number of carbonyl (C=O) groups is 3. The fourth-order valence-corrected chi connectivity index (χ4v) is 3.14. The van der Waals surface area contributed by atoms with Crippen LogP contribution in [0.4, 0.5) is 16.2 Å². The number of carbonyl (C=O) groups excluding carboxylic acids is 3. The quantitative estimate of drug-likeness (QED) is 0.617. The summed E-state index contributed by atoms with van der Waals surface area (Å²) in [5.74, 6) is -0.745. The van der Waals surface area contributed by atoms with Crippen molar-refractivity contribution < 1.29 is 19.1 Å². The van der Waals surface area contributed by atoms with Crippen LogP contribution in [-0.4, -0.2) is 42.6 Å². The van der Waals surface area contributed by atoms with E-state index in [1.165, 1.54) is 0 Å². The topological polar surface area (TPSA) is 114 Å². The predicted octanol–water partition coefficient (Wildman–Crippen LogP) is 2.68. The summed E-state index contributed by atoms with van der Waals surface area (Å²) < 4.78 is 5.32. The molecule has 2 aromatic carbocycles. The summed E-state index contributed by atoms with van der Waals surface area (Å²) in [6.07, 6.45) is 0.355. The van der Waals surface area contributed by atoms with Crippen LogP contribution >= 0.6 is 0 Å². The van der Waals surface area contributed by atoms with Gasteiger partial charge < -0.3 is 21.1 Å². The maximum Gasteiger partial charge on any atom is 0.338 e. The lowest BCUT2D eigenvalue weighted by Gasteiger charge is -2.19. The molecule has 3 amide bonds. The lowest BCUT2D eigenvalue weighted by Crippen LogP contribution is -2.37. The average Bonchev–Trinajstić information content (AvgIpc) is 3.13. The van der Waals surface area contributed by atoms with E-state index in [9.17, 15) is 14.4 Å². The summed E-state index contributed by atoms with van der Waals surface area (Å²) in [5, 5.41) is 5.52. The van der Waals surface area contributed by atoms with Gasteiger partial charge in [0.05, 0.1) is 11.6 Å². The normalized spacial score (nSPS) is 14.7. The Morgan fingerprint density at radius 2 is 1.77 bits per heavy atom. The Hall–Kier alpha value is -3.39. The minimum absolute atomic E-state index is 0.110. The van der Waals surface area contributed by atoms with Crippen molar-refractivity contribution in [2.75, 3.05) is 23.3 Å². The van der Waals surface area contributed by atoms with Crippen molar-refractivity contribution in [1.82, 2.24) is 5.32 Å². The Balaban J connectivity index is 1.54. The Morgan fingerprint density at radius 3 is 2.32 bits per heavy atom. The first-order valence-corrected chi connectivity index (χ1v) is 10.2. The number of hydrogen-bond acceptors (Lipinski definition) is 5. The van der Waals surface area contributed by atoms with Gasteiger partial charge in [-0.3, -0.25) is 9.69 Å². The molecule has 8 heteroatoms. The van der Waals surface area contributed by atoms with Gasteiger partial charge in [0.1, 0.15) is 5.60 Å². The number of anilines is 2. The van der Waals surface area contributed by atoms with Crippen LogP contribution in [0.5, 0.6) is 0 Å². The molecule has 0 spiro atoms. The number of amides is 3. The largest absolute Gasteiger partial charge is 0.456 e. The molecule has 8 nitrogen and oxygen atoms in total. The van der Waals surface area contributed by atoms with E-state index in [1.54, 1.807) is 49.9 Å². The molecule has 0 aliphatic carbocycles. The van der Waals surface area contributed by atoms with Gasteiger partial charge in [-0.2, -0.15) is 0 Å². The second-order valence-electron chi connectivity index (χ2n) is 8.43. The Bertz CT molecular complexity index is 949. The minimum Gasteiger partial charge on any atom is -0.456 e. The fourth-order valence-electron chi connectivity index (χ4n) is 3.14. The number of esters is 1. The highest BCUT2D eigenvalue weighted by Crippen LogP contribution is 2.18. The third kappa shape index (κ3) is 6.05. The van der Waals surface area contributed by atoms with Crippen molar-refractivity contribution in [2.45, 2.75) is 38.8 Å². The first-order chi connectivity index (χ1) is 14.6. The molecule has 0 radical (unpaired) electrons. The molecule has 1 aliphatic heterocycles. The molecule has 1 fully saturated rings. The summed E-state index contributed by atoms with van der Waals surface area (Å²) in [7, 11) is 0. The van der Waals surface area contributed by atoms with Gasteiger partial charge in [-0.05, 0) is 69.2 Å². The molecule has 2 aromatic rings. The number of benzene rings is 2. The molecule has 31 heavy (non-hydrogen) atoms. The van der Waals surface area contributed by atoms with Gasteiger partial charge >= 0.3 is 12.0 Å². The minimum atomic E-state index is -0.744. The van der Waals surface area contributed by atoms with Crippen LogP contribution in [0, 0.1) is 0 Å². The lowest BCUT2D eigenvalue weighted by atomic mass is 10.1. The smallest absolute Gasteiger partial charge is 0.338 e. The number of nitrogens with two attached hydrogens (primary N) is 1. The second-order valence-corrected chi connectivity index (χ2v) is 8.43. The number of urea groups is 1. The molecule has 1 heterocycles. The SMILES string of the molecule is CC(C)(C)OC(=O)c1ccc(NC(=O)C(N)Cc2ccc(N3CCNC3=O)cc2)cc1. The van der Waals surface area contributed by atoms with Crippen molar-refractivity contribution in [1.29, 1.82) is 0 Å². The van der Waals surface area contributed by atoms with Crippen LogP contribution in [0.3, 0.4) is 0 Å².